The van der Waals surface area contributed by atoms with Crippen LogP contribution in [0.1, 0.15) is 23.4 Å². The van der Waals surface area contributed by atoms with E-state index in [1.54, 1.807) is 22.8 Å². The van der Waals surface area contributed by atoms with Crippen LogP contribution in [0.2, 0.25) is 0 Å². The molecule has 2 aromatic rings. The number of fused-ring (bicyclic) bond motifs is 1. The van der Waals surface area contributed by atoms with E-state index in [1.807, 2.05) is 0 Å². The Hall–Kier alpha value is -3.80. The number of carbonyl (C=O) groups is 3. The minimum absolute atomic E-state index is 0.0197. The third-order valence-electron chi connectivity index (χ3n) is 5.17. The van der Waals surface area contributed by atoms with Crippen molar-refractivity contribution < 1.29 is 29.2 Å². The van der Waals surface area contributed by atoms with Gasteiger partial charge in [0.1, 0.15) is 12.6 Å². The van der Waals surface area contributed by atoms with Gasteiger partial charge < -0.3 is 24.6 Å². The van der Waals surface area contributed by atoms with Crippen LogP contribution in [-0.4, -0.2) is 68.6 Å². The Morgan fingerprint density at radius 2 is 2.09 bits per heavy atom. The van der Waals surface area contributed by atoms with Crippen molar-refractivity contribution in [1.29, 1.82) is 0 Å². The van der Waals surface area contributed by atoms with Crippen LogP contribution in [0.4, 0.5) is 5.69 Å². The SMILES string of the molecule is COCC(=O)N1Cc2c(ncn2Cc2ccccc2[N+](=O)[O-])CC1C(=O)NCCC(=O)O. The second-order valence-corrected chi connectivity index (χ2v) is 7.26. The fourth-order valence-electron chi connectivity index (χ4n) is 3.62. The number of carbonyl (C=O) groups excluding carboxylic acids is 2. The van der Waals surface area contributed by atoms with E-state index in [0.717, 1.165) is 0 Å². The van der Waals surface area contributed by atoms with Gasteiger partial charge in [-0.2, -0.15) is 0 Å². The zero-order chi connectivity index (χ0) is 23.3. The largest absolute Gasteiger partial charge is 0.481 e. The number of amides is 2. The minimum atomic E-state index is -1.04. The van der Waals surface area contributed by atoms with Gasteiger partial charge in [-0.1, -0.05) is 18.2 Å². The van der Waals surface area contributed by atoms with Crippen LogP contribution in [0, 0.1) is 10.1 Å². The number of para-hydroxylation sites is 1. The van der Waals surface area contributed by atoms with Crippen LogP contribution in [0.5, 0.6) is 0 Å². The lowest BCUT2D eigenvalue weighted by atomic mass is 10.0. The van der Waals surface area contributed by atoms with E-state index in [1.165, 1.54) is 24.4 Å². The van der Waals surface area contributed by atoms with Crippen molar-refractivity contribution in [2.45, 2.75) is 32.0 Å². The molecule has 1 aliphatic rings. The molecule has 0 bridgehead atoms. The number of nitro groups is 1. The highest BCUT2D eigenvalue weighted by Gasteiger charge is 2.36. The molecule has 2 N–H and O–H groups in total. The van der Waals surface area contributed by atoms with E-state index in [9.17, 15) is 24.5 Å². The Bertz CT molecular complexity index is 1040. The zero-order valence-corrected chi connectivity index (χ0v) is 17.4. The molecule has 1 unspecified atom stereocenters. The molecule has 2 heterocycles. The monoisotopic (exact) mass is 445 g/mol. The van der Waals surface area contributed by atoms with Crippen molar-refractivity contribution in [3.05, 3.63) is 57.7 Å². The van der Waals surface area contributed by atoms with E-state index < -0.39 is 28.7 Å². The van der Waals surface area contributed by atoms with Gasteiger partial charge in [0.05, 0.1) is 42.1 Å². The van der Waals surface area contributed by atoms with Gasteiger partial charge in [-0.05, 0) is 0 Å². The minimum Gasteiger partial charge on any atom is -0.481 e. The number of imidazole rings is 1. The van der Waals surface area contributed by atoms with Crippen molar-refractivity contribution in [3.8, 4) is 0 Å². The molecule has 1 atom stereocenters. The highest BCUT2D eigenvalue weighted by Crippen LogP contribution is 2.26. The Balaban J connectivity index is 1.85. The molecule has 0 aliphatic carbocycles. The Morgan fingerprint density at radius 1 is 1.34 bits per heavy atom. The summed E-state index contributed by atoms with van der Waals surface area (Å²) < 4.78 is 6.66. The average molecular weight is 445 g/mol. The van der Waals surface area contributed by atoms with Crippen LogP contribution in [-0.2, 0) is 38.6 Å². The first-order valence-corrected chi connectivity index (χ1v) is 9.85. The van der Waals surface area contributed by atoms with Crippen LogP contribution < -0.4 is 5.32 Å². The first-order valence-electron chi connectivity index (χ1n) is 9.85. The van der Waals surface area contributed by atoms with Crippen molar-refractivity contribution in [2.75, 3.05) is 20.3 Å². The summed E-state index contributed by atoms with van der Waals surface area (Å²) in [5, 5.41) is 22.6. The van der Waals surface area contributed by atoms with Gasteiger partial charge in [0.15, 0.2) is 0 Å². The number of aliphatic carboxylic acids is 1. The Labute approximate surface area is 182 Å². The fourth-order valence-corrected chi connectivity index (χ4v) is 3.62. The first kappa shape index (κ1) is 22.9. The number of rotatable bonds is 9. The van der Waals surface area contributed by atoms with Crippen molar-refractivity contribution in [2.24, 2.45) is 0 Å². The lowest BCUT2D eigenvalue weighted by Crippen LogP contribution is -2.54. The molecule has 0 spiro atoms. The van der Waals surface area contributed by atoms with Crippen LogP contribution in [0.3, 0.4) is 0 Å². The number of nitrogens with one attached hydrogen (secondary N) is 1. The van der Waals surface area contributed by atoms with E-state index in [0.29, 0.717) is 17.0 Å². The van der Waals surface area contributed by atoms with Crippen molar-refractivity contribution in [1.82, 2.24) is 19.8 Å². The molecule has 0 saturated carbocycles. The smallest absolute Gasteiger partial charge is 0.305 e. The normalized spacial score (nSPS) is 15.2. The quantitative estimate of drug-likeness (QED) is 0.413. The zero-order valence-electron chi connectivity index (χ0n) is 17.4. The summed E-state index contributed by atoms with van der Waals surface area (Å²) in [4.78, 5) is 52.6. The average Bonchev–Trinajstić information content (AvgIpc) is 3.14. The van der Waals surface area contributed by atoms with Gasteiger partial charge in [-0.15, -0.1) is 0 Å². The van der Waals surface area contributed by atoms with E-state index in [2.05, 4.69) is 10.3 Å². The van der Waals surface area contributed by atoms with Gasteiger partial charge in [-0.25, -0.2) is 4.98 Å². The number of nitrogens with zero attached hydrogens (tertiary/aromatic N) is 4. The Morgan fingerprint density at radius 3 is 2.78 bits per heavy atom. The molecule has 12 heteroatoms. The van der Waals surface area contributed by atoms with Crippen molar-refractivity contribution in [3.63, 3.8) is 0 Å². The number of hydrogen-bond donors (Lipinski definition) is 2. The maximum absolute atomic E-state index is 12.7. The molecule has 0 saturated heterocycles. The van der Waals surface area contributed by atoms with E-state index in [4.69, 9.17) is 9.84 Å². The molecule has 12 nitrogen and oxygen atoms in total. The molecule has 1 aromatic carbocycles. The second-order valence-electron chi connectivity index (χ2n) is 7.26. The number of ether oxygens (including phenoxy) is 1. The number of hydrogen-bond acceptors (Lipinski definition) is 7. The van der Waals surface area contributed by atoms with E-state index in [-0.39, 0.29) is 44.8 Å². The predicted octanol–water partition coefficient (Wildman–Crippen LogP) is 0.330. The molecular weight excluding hydrogens is 422 g/mol. The fraction of sp³-hybridized carbons (Fsp3) is 0.400. The number of methoxy groups -OCH3 is 1. The molecule has 32 heavy (non-hydrogen) atoms. The van der Waals surface area contributed by atoms with Gasteiger partial charge in [0.2, 0.25) is 11.8 Å². The number of carboxylic acid groups (broad SMARTS) is 1. The topological polar surface area (TPSA) is 157 Å². The lowest BCUT2D eigenvalue weighted by molar-refractivity contribution is -0.385. The van der Waals surface area contributed by atoms with Gasteiger partial charge >= 0.3 is 5.97 Å². The highest BCUT2D eigenvalue weighted by molar-refractivity contribution is 5.89. The third-order valence-corrected chi connectivity index (χ3v) is 5.17. The Kier molecular flexibility index (Phi) is 7.15. The van der Waals surface area contributed by atoms with Gasteiger partial charge in [0.25, 0.3) is 5.69 Å². The molecule has 1 aromatic heterocycles. The summed E-state index contributed by atoms with van der Waals surface area (Å²) in [6, 6.07) is 5.50. The summed E-state index contributed by atoms with van der Waals surface area (Å²) in [7, 11) is 1.37. The van der Waals surface area contributed by atoms with Gasteiger partial charge in [0, 0.05) is 31.7 Å². The summed E-state index contributed by atoms with van der Waals surface area (Å²) in [6.45, 7) is -0.0427. The molecule has 3 rings (SSSR count). The third kappa shape index (κ3) is 5.09. The summed E-state index contributed by atoms with van der Waals surface area (Å²) in [6.07, 6.45) is 1.43. The number of carboxylic acids is 1. The second kappa shape index (κ2) is 10.0. The molecular formula is C20H23N5O7. The summed E-state index contributed by atoms with van der Waals surface area (Å²) in [5.74, 6) is -1.93. The lowest BCUT2D eigenvalue weighted by Gasteiger charge is -2.34. The first-order chi connectivity index (χ1) is 15.3. The van der Waals surface area contributed by atoms with Crippen LogP contribution in [0.15, 0.2) is 30.6 Å². The molecule has 0 radical (unpaired) electrons. The molecule has 2 amide bonds. The van der Waals surface area contributed by atoms with Crippen LogP contribution >= 0.6 is 0 Å². The van der Waals surface area contributed by atoms with E-state index >= 15 is 0 Å². The molecule has 0 fully saturated rings. The molecule has 170 valence electrons. The summed E-state index contributed by atoms with van der Waals surface area (Å²) >= 11 is 0. The van der Waals surface area contributed by atoms with Crippen LogP contribution in [0.25, 0.3) is 0 Å². The van der Waals surface area contributed by atoms with Crippen molar-refractivity contribution >= 4 is 23.5 Å². The maximum Gasteiger partial charge on any atom is 0.305 e. The van der Waals surface area contributed by atoms with Gasteiger partial charge in [-0.3, -0.25) is 24.5 Å². The summed E-state index contributed by atoms with van der Waals surface area (Å²) in [5.41, 5.74) is 1.74. The number of benzene rings is 1. The number of aromatic nitrogens is 2. The highest BCUT2D eigenvalue weighted by atomic mass is 16.6. The predicted molar refractivity (Wildman–Crippen MR) is 110 cm³/mol. The molecule has 1 aliphatic heterocycles. The maximum atomic E-state index is 12.7. The number of nitro benzene ring substituents is 1. The standard InChI is InChI=1S/C20H23N5O7/c1-32-11-18(26)24-10-17-14(8-16(24)20(29)21-7-6-19(27)28)22-12-23(17)9-13-4-2-3-5-15(13)25(30)31/h2-5,12,16H,6-11H2,1H3,(H,21,29)(H,27,28).